The SMILES string of the molecule is CC(C)C1(Oc2cc(C(=O)OCCN3CCOCC3)ccc2F)CC2CCC1O2. The van der Waals surface area contributed by atoms with E-state index in [0.717, 1.165) is 32.4 Å². The van der Waals surface area contributed by atoms with Gasteiger partial charge in [0.2, 0.25) is 0 Å². The van der Waals surface area contributed by atoms with Gasteiger partial charge in [0.15, 0.2) is 11.6 Å². The van der Waals surface area contributed by atoms with Gasteiger partial charge in [-0.2, -0.15) is 0 Å². The fraction of sp³-hybridized carbons (Fsp3) is 0.682. The molecule has 3 aliphatic heterocycles. The predicted molar refractivity (Wildman–Crippen MR) is 105 cm³/mol. The number of nitrogens with zero attached hydrogens (tertiary/aromatic N) is 1. The van der Waals surface area contributed by atoms with Crippen molar-refractivity contribution in [3.05, 3.63) is 29.6 Å². The lowest BCUT2D eigenvalue weighted by Gasteiger charge is -2.39. The number of rotatable bonds is 7. The second-order valence-corrected chi connectivity index (χ2v) is 8.48. The summed E-state index contributed by atoms with van der Waals surface area (Å²) in [6, 6.07) is 4.18. The minimum absolute atomic E-state index is 0.0315. The van der Waals surface area contributed by atoms with E-state index in [4.69, 9.17) is 18.9 Å². The van der Waals surface area contributed by atoms with Gasteiger partial charge in [0.1, 0.15) is 12.2 Å². The molecular weight excluding hydrogens is 377 g/mol. The summed E-state index contributed by atoms with van der Waals surface area (Å²) in [6.45, 7) is 8.20. The van der Waals surface area contributed by atoms with E-state index in [9.17, 15) is 9.18 Å². The number of hydrogen-bond donors (Lipinski definition) is 0. The molecule has 4 rings (SSSR count). The van der Waals surface area contributed by atoms with Crippen molar-refractivity contribution in [1.82, 2.24) is 4.90 Å². The van der Waals surface area contributed by atoms with Crippen LogP contribution in [0.2, 0.25) is 0 Å². The molecule has 3 aliphatic rings. The summed E-state index contributed by atoms with van der Waals surface area (Å²) in [5.74, 6) is -0.678. The van der Waals surface area contributed by atoms with E-state index in [-0.39, 0.29) is 23.9 Å². The van der Waals surface area contributed by atoms with Crippen molar-refractivity contribution >= 4 is 5.97 Å². The molecule has 0 amide bonds. The molecule has 3 unspecified atom stereocenters. The zero-order valence-electron chi connectivity index (χ0n) is 17.2. The third-order valence-electron chi connectivity index (χ3n) is 6.39. The van der Waals surface area contributed by atoms with Crippen LogP contribution in [0.3, 0.4) is 0 Å². The number of fused-ring (bicyclic) bond motifs is 2. The van der Waals surface area contributed by atoms with Gasteiger partial charge in [-0.3, -0.25) is 4.90 Å². The molecule has 0 saturated carbocycles. The summed E-state index contributed by atoms with van der Waals surface area (Å²) < 4.78 is 37.5. The number of ether oxygens (including phenoxy) is 4. The maximum atomic E-state index is 14.5. The standard InChI is InChI=1S/C22H30FNO5/c1-15(2)22(14-17-4-6-20(22)28-17)29-19-13-16(3-5-18(19)23)21(25)27-12-9-24-7-10-26-11-8-24/h3,5,13,15,17,20H,4,6-12,14H2,1-2H3. The first kappa shape index (κ1) is 20.6. The molecule has 1 aromatic rings. The second kappa shape index (κ2) is 8.58. The Kier molecular flexibility index (Phi) is 6.08. The zero-order chi connectivity index (χ0) is 20.4. The van der Waals surface area contributed by atoms with E-state index in [2.05, 4.69) is 18.7 Å². The minimum atomic E-state index is -0.553. The lowest BCUT2D eigenvalue weighted by Crippen LogP contribution is -2.50. The van der Waals surface area contributed by atoms with Crippen LogP contribution in [0.5, 0.6) is 5.75 Å². The van der Waals surface area contributed by atoms with Gasteiger partial charge in [-0.05, 0) is 37.0 Å². The number of carbonyl (C=O) groups is 1. The van der Waals surface area contributed by atoms with Crippen LogP contribution < -0.4 is 4.74 Å². The Labute approximate surface area is 171 Å². The molecule has 0 aliphatic carbocycles. The van der Waals surface area contributed by atoms with E-state index < -0.39 is 17.4 Å². The molecule has 0 N–H and O–H groups in total. The highest BCUT2D eigenvalue weighted by molar-refractivity contribution is 5.89. The zero-order valence-corrected chi connectivity index (χ0v) is 17.2. The molecule has 0 aromatic heterocycles. The molecule has 0 radical (unpaired) electrons. The highest BCUT2D eigenvalue weighted by atomic mass is 19.1. The first-order valence-corrected chi connectivity index (χ1v) is 10.6. The van der Waals surface area contributed by atoms with Gasteiger partial charge in [-0.1, -0.05) is 13.8 Å². The Morgan fingerprint density at radius 1 is 1.31 bits per heavy atom. The molecule has 3 atom stereocenters. The van der Waals surface area contributed by atoms with Gasteiger partial charge in [-0.25, -0.2) is 9.18 Å². The maximum absolute atomic E-state index is 14.5. The number of halogens is 1. The normalized spacial score (nSPS) is 29.4. The van der Waals surface area contributed by atoms with Gasteiger partial charge in [0.25, 0.3) is 0 Å². The molecule has 2 bridgehead atoms. The average Bonchev–Trinajstić information content (AvgIpc) is 3.32. The number of carbonyl (C=O) groups excluding carboxylic acids is 1. The predicted octanol–water partition coefficient (Wildman–Crippen LogP) is 3.04. The molecule has 3 heterocycles. The topological polar surface area (TPSA) is 57.2 Å². The van der Waals surface area contributed by atoms with Crippen LogP contribution >= 0.6 is 0 Å². The molecule has 0 spiro atoms. The van der Waals surface area contributed by atoms with Crippen LogP contribution in [0.25, 0.3) is 0 Å². The summed E-state index contributed by atoms with van der Waals surface area (Å²) >= 11 is 0. The quantitative estimate of drug-likeness (QED) is 0.648. The third-order valence-corrected chi connectivity index (χ3v) is 6.39. The van der Waals surface area contributed by atoms with Crippen molar-refractivity contribution in [3.8, 4) is 5.75 Å². The molecule has 7 heteroatoms. The fourth-order valence-electron chi connectivity index (χ4n) is 4.62. The molecule has 160 valence electrons. The first-order chi connectivity index (χ1) is 14.0. The molecule has 6 nitrogen and oxygen atoms in total. The lowest BCUT2D eigenvalue weighted by atomic mass is 9.77. The van der Waals surface area contributed by atoms with Crippen LogP contribution in [-0.2, 0) is 14.2 Å². The van der Waals surface area contributed by atoms with Gasteiger partial charge >= 0.3 is 5.97 Å². The molecule has 3 saturated heterocycles. The highest BCUT2D eigenvalue weighted by Crippen LogP contribution is 2.48. The Bertz CT molecular complexity index is 736. The van der Waals surface area contributed by atoms with E-state index in [1.54, 1.807) is 0 Å². The van der Waals surface area contributed by atoms with Crippen molar-refractivity contribution < 1.29 is 28.1 Å². The molecule has 1 aromatic carbocycles. The van der Waals surface area contributed by atoms with Crippen LogP contribution in [0, 0.1) is 11.7 Å². The molecule has 3 fully saturated rings. The van der Waals surface area contributed by atoms with Crippen molar-refractivity contribution in [2.24, 2.45) is 5.92 Å². The van der Waals surface area contributed by atoms with Gasteiger partial charge in [-0.15, -0.1) is 0 Å². The van der Waals surface area contributed by atoms with Crippen molar-refractivity contribution in [3.63, 3.8) is 0 Å². The van der Waals surface area contributed by atoms with Gasteiger partial charge in [0, 0.05) is 26.1 Å². The first-order valence-electron chi connectivity index (χ1n) is 10.6. The van der Waals surface area contributed by atoms with Crippen molar-refractivity contribution in [1.29, 1.82) is 0 Å². The maximum Gasteiger partial charge on any atom is 0.338 e. The number of benzene rings is 1. The minimum Gasteiger partial charge on any atom is -0.481 e. The van der Waals surface area contributed by atoms with Crippen LogP contribution in [0.4, 0.5) is 4.39 Å². The lowest BCUT2D eigenvalue weighted by molar-refractivity contribution is -0.0429. The number of morpholine rings is 1. The molecule has 29 heavy (non-hydrogen) atoms. The average molecular weight is 407 g/mol. The highest BCUT2D eigenvalue weighted by Gasteiger charge is 2.56. The van der Waals surface area contributed by atoms with E-state index >= 15 is 0 Å². The van der Waals surface area contributed by atoms with E-state index in [1.165, 1.54) is 18.2 Å². The van der Waals surface area contributed by atoms with E-state index in [1.807, 2.05) is 0 Å². The smallest absolute Gasteiger partial charge is 0.338 e. The largest absolute Gasteiger partial charge is 0.481 e. The Morgan fingerprint density at radius 3 is 2.76 bits per heavy atom. The summed E-state index contributed by atoms with van der Waals surface area (Å²) in [7, 11) is 0. The van der Waals surface area contributed by atoms with Crippen LogP contribution in [0.1, 0.15) is 43.5 Å². The van der Waals surface area contributed by atoms with E-state index in [0.29, 0.717) is 31.9 Å². The van der Waals surface area contributed by atoms with Crippen LogP contribution in [0.15, 0.2) is 18.2 Å². The Hall–Kier alpha value is -1.70. The summed E-state index contributed by atoms with van der Waals surface area (Å²) in [5, 5.41) is 0. The van der Waals surface area contributed by atoms with Crippen molar-refractivity contribution in [2.75, 3.05) is 39.5 Å². The summed E-state index contributed by atoms with van der Waals surface area (Å²) in [4.78, 5) is 14.7. The van der Waals surface area contributed by atoms with Gasteiger partial charge in [0.05, 0.1) is 31.0 Å². The number of hydrogen-bond acceptors (Lipinski definition) is 6. The third kappa shape index (κ3) is 4.27. The fourth-order valence-corrected chi connectivity index (χ4v) is 4.62. The Morgan fingerprint density at radius 2 is 2.10 bits per heavy atom. The number of esters is 1. The van der Waals surface area contributed by atoms with Crippen molar-refractivity contribution in [2.45, 2.75) is 50.9 Å². The monoisotopic (exact) mass is 407 g/mol. The molecular formula is C22H30FNO5. The summed E-state index contributed by atoms with van der Waals surface area (Å²) in [5.41, 5.74) is -0.255. The second-order valence-electron chi connectivity index (χ2n) is 8.48. The van der Waals surface area contributed by atoms with Crippen LogP contribution in [-0.4, -0.2) is 68.1 Å². The Balaban J connectivity index is 1.41. The van der Waals surface area contributed by atoms with Gasteiger partial charge < -0.3 is 18.9 Å². The summed E-state index contributed by atoms with van der Waals surface area (Å²) in [6.07, 6.45) is 2.85.